The first kappa shape index (κ1) is 16.9. The van der Waals surface area contributed by atoms with E-state index in [0.29, 0.717) is 6.54 Å². The van der Waals surface area contributed by atoms with Crippen LogP contribution in [0.5, 0.6) is 5.75 Å². The van der Waals surface area contributed by atoms with Gasteiger partial charge in [-0.3, -0.25) is 4.98 Å². The van der Waals surface area contributed by atoms with Crippen molar-refractivity contribution in [1.29, 1.82) is 0 Å². The lowest BCUT2D eigenvalue weighted by molar-refractivity contribution is 0.0688. The normalized spacial score (nSPS) is 24.3. The topological polar surface area (TPSA) is 54.5 Å². The van der Waals surface area contributed by atoms with E-state index in [2.05, 4.69) is 27.3 Å². The second-order valence-corrected chi connectivity index (χ2v) is 7.15. The van der Waals surface area contributed by atoms with Crippen molar-refractivity contribution in [2.24, 2.45) is 0 Å². The Kier molecular flexibility index (Phi) is 5.04. The van der Waals surface area contributed by atoms with Crippen molar-refractivity contribution in [2.75, 3.05) is 6.54 Å². The summed E-state index contributed by atoms with van der Waals surface area (Å²) in [4.78, 5) is 18.8. The summed E-state index contributed by atoms with van der Waals surface area (Å²) in [5.41, 5.74) is 1.25. The summed E-state index contributed by atoms with van der Waals surface area (Å²) < 4.78 is 6.10. The maximum Gasteiger partial charge on any atom is 0.317 e. The Labute approximate surface area is 154 Å². The minimum absolute atomic E-state index is 0.0794. The highest BCUT2D eigenvalue weighted by molar-refractivity contribution is 5.75. The number of hydrogen-bond donors (Lipinski definition) is 1. The van der Waals surface area contributed by atoms with Crippen LogP contribution in [-0.4, -0.2) is 40.6 Å². The number of amides is 2. The molecule has 0 radical (unpaired) electrons. The molecule has 2 aliphatic rings. The summed E-state index contributed by atoms with van der Waals surface area (Å²) >= 11 is 0. The number of fused-ring (bicyclic) bond motifs is 2. The molecule has 3 heterocycles. The van der Waals surface area contributed by atoms with Crippen molar-refractivity contribution in [2.45, 2.75) is 50.3 Å². The molecular weight excluding hydrogens is 326 g/mol. The molecular formula is C21H25N3O2. The van der Waals surface area contributed by atoms with Gasteiger partial charge < -0.3 is 15.0 Å². The fourth-order valence-corrected chi connectivity index (χ4v) is 4.21. The largest absolute Gasteiger partial charge is 0.490 e. The van der Waals surface area contributed by atoms with Crippen LogP contribution in [0.15, 0.2) is 54.9 Å². The van der Waals surface area contributed by atoms with E-state index in [-0.39, 0.29) is 24.2 Å². The van der Waals surface area contributed by atoms with Gasteiger partial charge in [-0.1, -0.05) is 30.3 Å². The fourth-order valence-electron chi connectivity index (χ4n) is 4.21. The Hall–Kier alpha value is -2.56. The number of nitrogens with one attached hydrogen (secondary N) is 1. The third-order valence-corrected chi connectivity index (χ3v) is 5.41. The second kappa shape index (κ2) is 7.77. The number of ether oxygens (including phenoxy) is 1. The van der Waals surface area contributed by atoms with Gasteiger partial charge in [-0.2, -0.15) is 0 Å². The summed E-state index contributed by atoms with van der Waals surface area (Å²) in [5.74, 6) is 0.866. The van der Waals surface area contributed by atoms with E-state index in [1.54, 1.807) is 12.4 Å². The molecule has 0 saturated carbocycles. The summed E-state index contributed by atoms with van der Waals surface area (Å²) in [5, 5.41) is 3.10. The standard InChI is InChI=1S/C21H25N3O2/c25-21(23-13-8-16-4-2-1-3-5-16)24-17-6-7-18(24)15-20(14-17)26-19-9-11-22-12-10-19/h1-5,9-12,17-18,20H,6-8,13-15H2,(H,23,25). The van der Waals surface area contributed by atoms with Gasteiger partial charge in [-0.05, 0) is 37.0 Å². The maximum atomic E-state index is 12.7. The molecule has 1 aromatic heterocycles. The molecule has 0 spiro atoms. The highest BCUT2D eigenvalue weighted by Gasteiger charge is 2.43. The van der Waals surface area contributed by atoms with Crippen LogP contribution in [0.4, 0.5) is 4.79 Å². The number of nitrogens with zero attached hydrogens (tertiary/aromatic N) is 2. The lowest BCUT2D eigenvalue weighted by Crippen LogP contribution is -2.53. The molecule has 2 unspecified atom stereocenters. The first-order valence-electron chi connectivity index (χ1n) is 9.46. The van der Waals surface area contributed by atoms with Gasteiger partial charge >= 0.3 is 6.03 Å². The van der Waals surface area contributed by atoms with E-state index in [1.807, 2.05) is 30.3 Å². The summed E-state index contributed by atoms with van der Waals surface area (Å²) in [7, 11) is 0. The number of benzene rings is 1. The number of carbonyl (C=O) groups excluding carboxylic acids is 1. The van der Waals surface area contributed by atoms with Crippen LogP contribution in [0.1, 0.15) is 31.2 Å². The Balaban J connectivity index is 1.29. The van der Waals surface area contributed by atoms with Crippen LogP contribution < -0.4 is 10.1 Å². The first-order valence-corrected chi connectivity index (χ1v) is 9.46. The van der Waals surface area contributed by atoms with Gasteiger partial charge in [0.25, 0.3) is 0 Å². The first-order chi connectivity index (χ1) is 12.8. The molecule has 2 amide bonds. The van der Waals surface area contributed by atoms with E-state index in [4.69, 9.17) is 4.74 Å². The number of pyridine rings is 1. The molecule has 5 nitrogen and oxygen atoms in total. The predicted octanol–water partition coefficient (Wildman–Crippen LogP) is 3.41. The van der Waals surface area contributed by atoms with Crippen LogP contribution in [0.25, 0.3) is 0 Å². The molecule has 2 saturated heterocycles. The fraction of sp³-hybridized carbons (Fsp3) is 0.429. The van der Waals surface area contributed by atoms with Crippen molar-refractivity contribution >= 4 is 6.03 Å². The number of carbonyl (C=O) groups is 1. The van der Waals surface area contributed by atoms with Crippen molar-refractivity contribution in [1.82, 2.24) is 15.2 Å². The van der Waals surface area contributed by atoms with Crippen molar-refractivity contribution < 1.29 is 9.53 Å². The highest BCUT2D eigenvalue weighted by Crippen LogP contribution is 2.37. The SMILES string of the molecule is O=C(NCCc1ccccc1)N1C2CCC1CC(Oc1ccncc1)C2. The van der Waals surface area contributed by atoms with E-state index in [0.717, 1.165) is 37.9 Å². The number of urea groups is 1. The smallest absolute Gasteiger partial charge is 0.317 e. The van der Waals surface area contributed by atoms with Crippen LogP contribution in [0.2, 0.25) is 0 Å². The lowest BCUT2D eigenvalue weighted by Gasteiger charge is -2.38. The zero-order valence-corrected chi connectivity index (χ0v) is 14.9. The summed E-state index contributed by atoms with van der Waals surface area (Å²) in [6, 6.07) is 14.7. The van der Waals surface area contributed by atoms with E-state index in [1.165, 1.54) is 5.56 Å². The molecule has 2 aliphatic heterocycles. The van der Waals surface area contributed by atoms with Gasteiger partial charge in [0.1, 0.15) is 11.9 Å². The molecule has 2 bridgehead atoms. The van der Waals surface area contributed by atoms with Gasteiger partial charge in [-0.15, -0.1) is 0 Å². The molecule has 2 atom stereocenters. The van der Waals surface area contributed by atoms with Crippen LogP contribution in [-0.2, 0) is 6.42 Å². The molecule has 5 heteroatoms. The Morgan fingerprint density at radius 3 is 2.46 bits per heavy atom. The zero-order valence-electron chi connectivity index (χ0n) is 14.9. The van der Waals surface area contributed by atoms with Crippen LogP contribution >= 0.6 is 0 Å². The van der Waals surface area contributed by atoms with Crippen LogP contribution in [0.3, 0.4) is 0 Å². The van der Waals surface area contributed by atoms with E-state index < -0.39 is 0 Å². The minimum Gasteiger partial charge on any atom is -0.490 e. The highest BCUT2D eigenvalue weighted by atomic mass is 16.5. The molecule has 1 aromatic carbocycles. The maximum absolute atomic E-state index is 12.7. The van der Waals surface area contributed by atoms with Gasteiger partial charge in [0, 0.05) is 43.9 Å². The number of aromatic nitrogens is 1. The molecule has 26 heavy (non-hydrogen) atoms. The summed E-state index contributed by atoms with van der Waals surface area (Å²) in [6.45, 7) is 0.676. The third kappa shape index (κ3) is 3.82. The van der Waals surface area contributed by atoms with Crippen molar-refractivity contribution in [3.8, 4) is 5.75 Å². The molecule has 0 aliphatic carbocycles. The molecule has 2 fully saturated rings. The quantitative estimate of drug-likeness (QED) is 0.898. The van der Waals surface area contributed by atoms with Crippen molar-refractivity contribution in [3.05, 3.63) is 60.4 Å². The van der Waals surface area contributed by atoms with E-state index >= 15 is 0 Å². The van der Waals surface area contributed by atoms with Gasteiger partial charge in [-0.25, -0.2) is 4.79 Å². The molecule has 1 N–H and O–H groups in total. The average molecular weight is 351 g/mol. The van der Waals surface area contributed by atoms with Crippen LogP contribution in [0, 0.1) is 0 Å². The minimum atomic E-state index is 0.0794. The monoisotopic (exact) mass is 351 g/mol. The summed E-state index contributed by atoms with van der Waals surface area (Å²) in [6.07, 6.45) is 8.51. The van der Waals surface area contributed by atoms with Crippen molar-refractivity contribution in [3.63, 3.8) is 0 Å². The molecule has 136 valence electrons. The lowest BCUT2D eigenvalue weighted by atomic mass is 10.00. The van der Waals surface area contributed by atoms with Gasteiger partial charge in [0.05, 0.1) is 0 Å². The van der Waals surface area contributed by atoms with E-state index in [9.17, 15) is 4.79 Å². The molecule has 2 aromatic rings. The number of rotatable bonds is 5. The number of hydrogen-bond acceptors (Lipinski definition) is 3. The zero-order chi connectivity index (χ0) is 17.8. The third-order valence-electron chi connectivity index (χ3n) is 5.41. The number of piperidine rings is 1. The Bertz CT molecular complexity index is 709. The van der Waals surface area contributed by atoms with Gasteiger partial charge in [0.2, 0.25) is 0 Å². The molecule has 4 rings (SSSR count). The van der Waals surface area contributed by atoms with Gasteiger partial charge in [0.15, 0.2) is 0 Å². The predicted molar refractivity (Wildman–Crippen MR) is 100 cm³/mol. The Morgan fingerprint density at radius 1 is 1.08 bits per heavy atom. The second-order valence-electron chi connectivity index (χ2n) is 7.15. The average Bonchev–Trinajstić information content (AvgIpc) is 2.94. The Morgan fingerprint density at radius 2 is 1.77 bits per heavy atom.